The first-order valence-corrected chi connectivity index (χ1v) is 19.9. The Balaban J connectivity index is 3.52. The van der Waals surface area contributed by atoms with Crippen LogP contribution in [0.1, 0.15) is 219 Å². The van der Waals surface area contributed by atoms with Crippen LogP contribution in [0.2, 0.25) is 0 Å². The smallest absolute Gasteiger partial charge is 0.220 e. The molecule has 0 aliphatic rings. The Morgan fingerprint density at radius 2 is 0.864 bits per heavy atom. The Morgan fingerprint density at radius 1 is 0.523 bits per heavy atom. The van der Waals surface area contributed by atoms with Crippen LogP contribution in [0.5, 0.6) is 0 Å². The zero-order valence-electron chi connectivity index (χ0n) is 29.9. The second-order valence-electron chi connectivity index (χ2n) is 13.7. The summed E-state index contributed by atoms with van der Waals surface area (Å²) in [5.41, 5.74) is 0. The Kier molecular flexibility index (Phi) is 35.9. The van der Waals surface area contributed by atoms with Gasteiger partial charge in [-0.1, -0.05) is 187 Å². The highest BCUT2D eigenvalue weighted by Gasteiger charge is 2.19. The number of unbranched alkanes of at least 4 members (excludes halogenated alkanes) is 27. The normalized spacial score (nSPS) is 13.1. The Morgan fingerprint density at radius 3 is 1.25 bits per heavy atom. The van der Waals surface area contributed by atoms with Gasteiger partial charge in [0.1, 0.15) is 0 Å². The lowest BCUT2D eigenvalue weighted by molar-refractivity contribution is -0.123. The van der Waals surface area contributed by atoms with E-state index in [1.807, 2.05) is 0 Å². The van der Waals surface area contributed by atoms with Crippen molar-refractivity contribution in [3.63, 3.8) is 0 Å². The third-order valence-electron chi connectivity index (χ3n) is 9.28. The van der Waals surface area contributed by atoms with Crippen molar-refractivity contribution in [2.24, 2.45) is 0 Å². The lowest BCUT2D eigenvalue weighted by Gasteiger charge is -2.22. The fourth-order valence-electron chi connectivity index (χ4n) is 6.18. The summed E-state index contributed by atoms with van der Waals surface area (Å²) in [4.78, 5) is 12.3. The third-order valence-corrected chi connectivity index (χ3v) is 9.28. The van der Waals surface area contributed by atoms with Gasteiger partial charge >= 0.3 is 0 Å². The molecule has 0 rings (SSSR count). The standard InChI is InChI=1S/C40H79NO3/c1-3-5-7-9-11-13-15-17-18-19-20-21-22-24-26-28-30-32-34-36-40(44)41-38(37-42)39(43)35-33-31-29-27-25-23-16-14-12-10-8-6-4-2/h25,27,38-39,42-43H,3-24,26,28-37H2,1-2H3,(H,41,44)/b27-25+/t38-,39+/m0/s1. The van der Waals surface area contributed by atoms with Crippen LogP contribution in [0.25, 0.3) is 0 Å². The molecule has 2 atom stereocenters. The van der Waals surface area contributed by atoms with E-state index in [1.165, 1.54) is 161 Å². The number of allylic oxidation sites excluding steroid dienone is 2. The quantitative estimate of drug-likeness (QED) is 0.0481. The predicted molar refractivity (Wildman–Crippen MR) is 193 cm³/mol. The summed E-state index contributed by atoms with van der Waals surface area (Å²) >= 11 is 0. The van der Waals surface area contributed by atoms with Gasteiger partial charge in [0, 0.05) is 6.42 Å². The van der Waals surface area contributed by atoms with Crippen molar-refractivity contribution in [3.05, 3.63) is 12.2 Å². The number of hydrogen-bond acceptors (Lipinski definition) is 3. The van der Waals surface area contributed by atoms with E-state index in [0.29, 0.717) is 12.8 Å². The fourth-order valence-corrected chi connectivity index (χ4v) is 6.18. The SMILES string of the molecule is CCCCCCCCC/C=C/CCCC[C@@H](O)[C@H](CO)NC(=O)CCCCCCCCCCCCCCCCCCCCC. The van der Waals surface area contributed by atoms with Crippen LogP contribution < -0.4 is 5.32 Å². The lowest BCUT2D eigenvalue weighted by Crippen LogP contribution is -2.45. The number of carbonyl (C=O) groups excluding carboxylic acids is 1. The third kappa shape index (κ3) is 32.5. The predicted octanol–water partition coefficient (Wildman–Crippen LogP) is 11.9. The second-order valence-corrected chi connectivity index (χ2v) is 13.7. The molecule has 3 N–H and O–H groups in total. The number of aliphatic hydroxyl groups is 2. The molecule has 0 fully saturated rings. The highest BCUT2D eigenvalue weighted by Crippen LogP contribution is 2.15. The summed E-state index contributed by atoms with van der Waals surface area (Å²) in [6, 6.07) is -0.546. The van der Waals surface area contributed by atoms with Gasteiger partial charge in [-0.2, -0.15) is 0 Å². The van der Waals surface area contributed by atoms with Crippen molar-refractivity contribution < 1.29 is 15.0 Å². The average molecular weight is 622 g/mol. The summed E-state index contributed by atoms with van der Waals surface area (Å²) in [5.74, 6) is -0.0385. The van der Waals surface area contributed by atoms with E-state index in [-0.39, 0.29) is 12.5 Å². The average Bonchev–Trinajstić information content (AvgIpc) is 3.03. The molecule has 0 aromatic heterocycles. The largest absolute Gasteiger partial charge is 0.394 e. The lowest BCUT2D eigenvalue weighted by atomic mass is 10.0. The van der Waals surface area contributed by atoms with E-state index in [2.05, 4.69) is 31.3 Å². The summed E-state index contributed by atoms with van der Waals surface area (Å²) in [6.07, 6.45) is 44.2. The van der Waals surface area contributed by atoms with Crippen molar-refractivity contribution in [2.45, 2.75) is 231 Å². The summed E-state index contributed by atoms with van der Waals surface area (Å²) in [7, 11) is 0. The molecule has 0 radical (unpaired) electrons. The van der Waals surface area contributed by atoms with Crippen molar-refractivity contribution >= 4 is 5.91 Å². The molecule has 0 aromatic rings. The molecule has 4 nitrogen and oxygen atoms in total. The van der Waals surface area contributed by atoms with Gasteiger partial charge in [0.25, 0.3) is 0 Å². The van der Waals surface area contributed by atoms with E-state index in [4.69, 9.17) is 0 Å². The first-order valence-electron chi connectivity index (χ1n) is 19.9. The molecular formula is C40H79NO3. The van der Waals surface area contributed by atoms with E-state index in [0.717, 1.165) is 32.1 Å². The molecule has 0 saturated heterocycles. The van der Waals surface area contributed by atoms with Crippen molar-refractivity contribution in [1.82, 2.24) is 5.32 Å². The van der Waals surface area contributed by atoms with Crippen LogP contribution in [-0.4, -0.2) is 34.9 Å². The number of carbonyl (C=O) groups is 1. The van der Waals surface area contributed by atoms with Crippen LogP contribution in [0, 0.1) is 0 Å². The zero-order chi connectivity index (χ0) is 32.2. The Hall–Kier alpha value is -0.870. The fraction of sp³-hybridized carbons (Fsp3) is 0.925. The number of hydrogen-bond donors (Lipinski definition) is 3. The first-order chi connectivity index (χ1) is 21.7. The number of amides is 1. The highest BCUT2D eigenvalue weighted by molar-refractivity contribution is 5.76. The van der Waals surface area contributed by atoms with E-state index < -0.39 is 12.1 Å². The van der Waals surface area contributed by atoms with Gasteiger partial charge in [0.05, 0.1) is 18.8 Å². The molecule has 0 aliphatic carbocycles. The molecule has 44 heavy (non-hydrogen) atoms. The van der Waals surface area contributed by atoms with Gasteiger partial charge in [0.15, 0.2) is 0 Å². The van der Waals surface area contributed by atoms with Crippen molar-refractivity contribution in [3.8, 4) is 0 Å². The second kappa shape index (κ2) is 36.6. The minimum Gasteiger partial charge on any atom is -0.394 e. The van der Waals surface area contributed by atoms with Crippen LogP contribution in [0.4, 0.5) is 0 Å². The van der Waals surface area contributed by atoms with Gasteiger partial charge < -0.3 is 15.5 Å². The van der Waals surface area contributed by atoms with Gasteiger partial charge in [-0.3, -0.25) is 4.79 Å². The molecule has 1 amide bonds. The highest BCUT2D eigenvalue weighted by atomic mass is 16.3. The monoisotopic (exact) mass is 622 g/mol. The van der Waals surface area contributed by atoms with Crippen LogP contribution >= 0.6 is 0 Å². The molecule has 0 saturated carbocycles. The van der Waals surface area contributed by atoms with Crippen molar-refractivity contribution in [2.75, 3.05) is 6.61 Å². The molecule has 0 aromatic carbocycles. The maximum absolute atomic E-state index is 12.3. The van der Waals surface area contributed by atoms with Gasteiger partial charge in [-0.15, -0.1) is 0 Å². The Labute approximate surface area is 276 Å². The maximum atomic E-state index is 12.3. The minimum atomic E-state index is -0.675. The molecule has 0 unspecified atom stereocenters. The Bertz CT molecular complexity index is 593. The minimum absolute atomic E-state index is 0.0385. The number of rotatable bonds is 36. The summed E-state index contributed by atoms with van der Waals surface area (Å²) in [5, 5.41) is 23.0. The molecule has 0 spiro atoms. The molecule has 0 aliphatic heterocycles. The summed E-state index contributed by atoms with van der Waals surface area (Å²) in [6.45, 7) is 4.35. The van der Waals surface area contributed by atoms with Crippen molar-refractivity contribution in [1.29, 1.82) is 0 Å². The topological polar surface area (TPSA) is 69.6 Å². The van der Waals surface area contributed by atoms with E-state index >= 15 is 0 Å². The zero-order valence-corrected chi connectivity index (χ0v) is 29.9. The van der Waals surface area contributed by atoms with E-state index in [1.54, 1.807) is 0 Å². The first kappa shape index (κ1) is 43.1. The molecular weight excluding hydrogens is 542 g/mol. The molecule has 0 heterocycles. The van der Waals surface area contributed by atoms with E-state index in [9.17, 15) is 15.0 Å². The molecule has 0 bridgehead atoms. The van der Waals surface area contributed by atoms with Crippen LogP contribution in [-0.2, 0) is 4.79 Å². The van der Waals surface area contributed by atoms with Gasteiger partial charge in [-0.25, -0.2) is 0 Å². The number of aliphatic hydroxyl groups excluding tert-OH is 2. The van der Waals surface area contributed by atoms with Crippen LogP contribution in [0.3, 0.4) is 0 Å². The molecule has 4 heteroatoms. The van der Waals surface area contributed by atoms with Crippen LogP contribution in [0.15, 0.2) is 12.2 Å². The number of nitrogens with one attached hydrogen (secondary N) is 1. The summed E-state index contributed by atoms with van der Waals surface area (Å²) < 4.78 is 0. The van der Waals surface area contributed by atoms with Gasteiger partial charge in [-0.05, 0) is 38.5 Å². The maximum Gasteiger partial charge on any atom is 0.220 e. The van der Waals surface area contributed by atoms with Gasteiger partial charge in [0.2, 0.25) is 5.91 Å². The molecule has 262 valence electrons.